The van der Waals surface area contributed by atoms with E-state index in [4.69, 9.17) is 0 Å². The van der Waals surface area contributed by atoms with E-state index in [1.165, 1.54) is 0 Å². The largest absolute Gasteiger partial charge is 0.350 e. The third-order valence-corrected chi connectivity index (χ3v) is 8.07. The number of rotatable bonds is 5. The lowest BCUT2D eigenvalue weighted by atomic mass is 9.71. The standard InChI is InChI=1S/C21H26N4O2S2/c26-19-3-1-2-17-15-8-16(11-24(10-15)12-18-22-5-7-29-18)20(25(17)19)21(27)23-9-14-4-6-28-13-14/h4-7,13,15-17,20H,1-3,8-12H2,(H,23,27)/t15-,16+,17-,20+/m0/s1. The molecule has 3 fully saturated rings. The molecule has 0 spiro atoms. The first-order chi connectivity index (χ1) is 14.2. The van der Waals surface area contributed by atoms with E-state index in [1.54, 1.807) is 22.7 Å². The van der Waals surface area contributed by atoms with Crippen molar-refractivity contribution in [2.45, 2.75) is 50.9 Å². The highest BCUT2D eigenvalue weighted by molar-refractivity contribution is 7.09. The minimum Gasteiger partial charge on any atom is -0.350 e. The Morgan fingerprint density at radius 2 is 2.17 bits per heavy atom. The van der Waals surface area contributed by atoms with E-state index in [2.05, 4.69) is 20.6 Å². The third kappa shape index (κ3) is 3.85. The number of piperidine rings is 3. The van der Waals surface area contributed by atoms with E-state index in [0.717, 1.165) is 49.5 Å². The van der Waals surface area contributed by atoms with Gasteiger partial charge in [0.1, 0.15) is 11.0 Å². The molecule has 0 radical (unpaired) electrons. The fourth-order valence-electron chi connectivity index (χ4n) is 5.43. The molecule has 0 saturated carbocycles. The van der Waals surface area contributed by atoms with Crippen molar-refractivity contribution in [3.63, 3.8) is 0 Å². The van der Waals surface area contributed by atoms with E-state index in [9.17, 15) is 9.59 Å². The first-order valence-electron chi connectivity index (χ1n) is 10.4. The molecule has 0 unspecified atom stereocenters. The predicted molar refractivity (Wildman–Crippen MR) is 113 cm³/mol. The maximum Gasteiger partial charge on any atom is 0.243 e. The van der Waals surface area contributed by atoms with E-state index < -0.39 is 0 Å². The number of likely N-dealkylation sites (tertiary alicyclic amines) is 1. The molecule has 5 rings (SSSR count). The van der Waals surface area contributed by atoms with Gasteiger partial charge in [-0.3, -0.25) is 14.5 Å². The number of thiazole rings is 1. The normalized spacial score (nSPS) is 29.5. The van der Waals surface area contributed by atoms with Gasteiger partial charge < -0.3 is 10.2 Å². The van der Waals surface area contributed by atoms with Crippen molar-refractivity contribution in [2.24, 2.45) is 11.8 Å². The van der Waals surface area contributed by atoms with Crippen molar-refractivity contribution >= 4 is 34.5 Å². The summed E-state index contributed by atoms with van der Waals surface area (Å²) in [5.74, 6) is 0.823. The number of carbonyl (C=O) groups excluding carboxylic acids is 2. The SMILES string of the molecule is O=C(NCc1ccsc1)[C@H]1[C@@H]2C[C@@H](CN(Cc3nccs3)C2)[C@@H]2CCCC(=O)N21. The summed E-state index contributed by atoms with van der Waals surface area (Å²) in [6.07, 6.45) is 5.43. The Morgan fingerprint density at radius 1 is 1.28 bits per heavy atom. The number of nitrogens with zero attached hydrogens (tertiary/aromatic N) is 3. The average molecular weight is 431 g/mol. The molecule has 0 aliphatic carbocycles. The predicted octanol–water partition coefficient (Wildman–Crippen LogP) is 2.72. The molecule has 2 bridgehead atoms. The lowest BCUT2D eigenvalue weighted by Gasteiger charge is -2.55. The Kier molecular flexibility index (Phi) is 5.41. The van der Waals surface area contributed by atoms with Gasteiger partial charge in [0.05, 0.1) is 6.54 Å². The van der Waals surface area contributed by atoms with Crippen LogP contribution in [0.4, 0.5) is 0 Å². The fourth-order valence-corrected chi connectivity index (χ4v) is 6.76. The van der Waals surface area contributed by atoms with Gasteiger partial charge in [0.25, 0.3) is 0 Å². The Bertz CT molecular complexity index is 854. The highest BCUT2D eigenvalue weighted by atomic mass is 32.1. The number of fused-ring (bicyclic) bond motifs is 4. The highest BCUT2D eigenvalue weighted by Crippen LogP contribution is 2.42. The molecule has 3 aliphatic rings. The van der Waals surface area contributed by atoms with Crippen LogP contribution in [0.2, 0.25) is 0 Å². The van der Waals surface area contributed by atoms with Crippen molar-refractivity contribution in [1.82, 2.24) is 20.1 Å². The molecular formula is C21H26N4O2S2. The van der Waals surface area contributed by atoms with E-state index in [1.807, 2.05) is 27.9 Å². The summed E-state index contributed by atoms with van der Waals surface area (Å²) in [4.78, 5) is 35.0. The van der Waals surface area contributed by atoms with Crippen LogP contribution in [0.25, 0.3) is 0 Å². The summed E-state index contributed by atoms with van der Waals surface area (Å²) in [5, 5.41) is 10.3. The van der Waals surface area contributed by atoms with Crippen molar-refractivity contribution in [1.29, 1.82) is 0 Å². The Balaban J connectivity index is 1.36. The number of aromatic nitrogens is 1. The van der Waals surface area contributed by atoms with Crippen LogP contribution >= 0.6 is 22.7 Å². The number of hydrogen-bond acceptors (Lipinski definition) is 6. The Labute approximate surface area is 178 Å². The van der Waals surface area contributed by atoms with Crippen molar-refractivity contribution in [3.8, 4) is 0 Å². The second kappa shape index (κ2) is 8.16. The molecular weight excluding hydrogens is 404 g/mol. The van der Waals surface area contributed by atoms with Crippen LogP contribution in [0.1, 0.15) is 36.3 Å². The number of nitrogens with one attached hydrogen (secondary N) is 1. The van der Waals surface area contributed by atoms with Gasteiger partial charge in [0.15, 0.2) is 0 Å². The van der Waals surface area contributed by atoms with E-state index in [0.29, 0.717) is 18.9 Å². The number of carbonyl (C=O) groups is 2. The first-order valence-corrected chi connectivity index (χ1v) is 12.2. The van der Waals surface area contributed by atoms with Gasteiger partial charge in [-0.2, -0.15) is 11.3 Å². The molecule has 8 heteroatoms. The highest BCUT2D eigenvalue weighted by Gasteiger charge is 2.51. The molecule has 4 atom stereocenters. The first kappa shape index (κ1) is 19.2. The van der Waals surface area contributed by atoms with Crippen molar-refractivity contribution < 1.29 is 9.59 Å². The minimum atomic E-state index is -0.346. The average Bonchev–Trinajstić information content (AvgIpc) is 3.41. The molecule has 154 valence electrons. The molecule has 29 heavy (non-hydrogen) atoms. The molecule has 2 aromatic rings. The van der Waals surface area contributed by atoms with E-state index >= 15 is 0 Å². The molecule has 2 aromatic heterocycles. The van der Waals surface area contributed by atoms with Crippen molar-refractivity contribution in [2.75, 3.05) is 13.1 Å². The summed E-state index contributed by atoms with van der Waals surface area (Å²) in [6.45, 7) is 3.22. The van der Waals surface area contributed by atoms with Gasteiger partial charge >= 0.3 is 0 Å². The Morgan fingerprint density at radius 3 is 2.97 bits per heavy atom. The van der Waals surface area contributed by atoms with Gasteiger partial charge in [0, 0.05) is 49.6 Å². The van der Waals surface area contributed by atoms with Gasteiger partial charge in [0.2, 0.25) is 11.8 Å². The van der Waals surface area contributed by atoms with Crippen LogP contribution in [0.5, 0.6) is 0 Å². The molecule has 5 heterocycles. The molecule has 1 N–H and O–H groups in total. The Hall–Kier alpha value is -1.77. The maximum atomic E-state index is 13.3. The monoisotopic (exact) mass is 430 g/mol. The van der Waals surface area contributed by atoms with Gasteiger partial charge in [-0.25, -0.2) is 4.98 Å². The van der Waals surface area contributed by atoms with Crippen molar-refractivity contribution in [3.05, 3.63) is 39.0 Å². The topological polar surface area (TPSA) is 65.5 Å². The van der Waals surface area contributed by atoms with Gasteiger partial charge in [-0.05, 0) is 47.6 Å². The van der Waals surface area contributed by atoms with Crippen LogP contribution in [0, 0.1) is 11.8 Å². The summed E-state index contributed by atoms with van der Waals surface area (Å²) in [6, 6.07) is 1.89. The summed E-state index contributed by atoms with van der Waals surface area (Å²) in [7, 11) is 0. The molecule has 3 aliphatic heterocycles. The second-order valence-corrected chi connectivity index (χ2v) is 10.2. The molecule has 3 saturated heterocycles. The maximum absolute atomic E-state index is 13.3. The lowest BCUT2D eigenvalue weighted by molar-refractivity contribution is -0.160. The zero-order chi connectivity index (χ0) is 19.8. The summed E-state index contributed by atoms with van der Waals surface area (Å²) >= 11 is 3.32. The van der Waals surface area contributed by atoms with Crippen LogP contribution < -0.4 is 5.32 Å². The molecule has 2 amide bonds. The number of amides is 2. The summed E-state index contributed by atoms with van der Waals surface area (Å²) < 4.78 is 0. The number of hydrogen-bond donors (Lipinski definition) is 1. The zero-order valence-electron chi connectivity index (χ0n) is 16.3. The van der Waals surface area contributed by atoms with Crippen LogP contribution in [-0.4, -0.2) is 51.8 Å². The summed E-state index contributed by atoms with van der Waals surface area (Å²) in [5.41, 5.74) is 1.12. The lowest BCUT2D eigenvalue weighted by Crippen LogP contribution is -2.68. The minimum absolute atomic E-state index is 0.0102. The second-order valence-electron chi connectivity index (χ2n) is 8.43. The van der Waals surface area contributed by atoms with Gasteiger partial charge in [-0.1, -0.05) is 0 Å². The van der Waals surface area contributed by atoms with Crippen LogP contribution in [0.15, 0.2) is 28.4 Å². The fraction of sp³-hybridized carbons (Fsp3) is 0.571. The van der Waals surface area contributed by atoms with Gasteiger partial charge in [-0.15, -0.1) is 11.3 Å². The molecule has 6 nitrogen and oxygen atoms in total. The zero-order valence-corrected chi connectivity index (χ0v) is 18.0. The quantitative estimate of drug-likeness (QED) is 0.792. The van der Waals surface area contributed by atoms with Crippen LogP contribution in [-0.2, 0) is 22.7 Å². The third-order valence-electron chi connectivity index (χ3n) is 6.57. The van der Waals surface area contributed by atoms with E-state index in [-0.39, 0.29) is 29.8 Å². The molecule has 0 aromatic carbocycles. The number of thiophene rings is 1. The van der Waals surface area contributed by atoms with Crippen LogP contribution in [0.3, 0.4) is 0 Å². The smallest absolute Gasteiger partial charge is 0.243 e.